The van der Waals surface area contributed by atoms with Crippen molar-refractivity contribution in [3.8, 4) is 0 Å². The molecule has 0 spiro atoms. The van der Waals surface area contributed by atoms with Gasteiger partial charge in [-0.05, 0) is 34.0 Å². The van der Waals surface area contributed by atoms with Crippen LogP contribution < -0.4 is 0 Å². The van der Waals surface area contributed by atoms with Gasteiger partial charge >= 0.3 is 0 Å². The number of aliphatic hydroxyl groups excluding tert-OH is 2. The molecule has 1 aliphatic rings. The van der Waals surface area contributed by atoms with Crippen LogP contribution in [0.3, 0.4) is 0 Å². The highest BCUT2D eigenvalue weighted by molar-refractivity contribution is 7.93. The molecule has 34 heavy (non-hydrogen) atoms. The fourth-order valence-electron chi connectivity index (χ4n) is 3.85. The number of nitrogens with zero attached hydrogens (tertiary/aromatic N) is 2. The number of fused-ring (bicyclic) bond motifs is 2. The van der Waals surface area contributed by atoms with E-state index in [0.717, 1.165) is 22.7 Å². The lowest BCUT2D eigenvalue weighted by atomic mass is 9.87. The van der Waals surface area contributed by atoms with Crippen LogP contribution in [0.25, 0.3) is 0 Å². The Bertz CT molecular complexity index is 1450. The summed E-state index contributed by atoms with van der Waals surface area (Å²) in [4.78, 5) is 8.79. The van der Waals surface area contributed by atoms with Crippen molar-refractivity contribution in [1.82, 2.24) is 9.97 Å². The molecule has 0 bridgehead atoms. The van der Waals surface area contributed by atoms with E-state index < -0.39 is 43.4 Å². The molecule has 1 aliphatic carbocycles. The van der Waals surface area contributed by atoms with Crippen LogP contribution in [0, 0.1) is 0 Å². The summed E-state index contributed by atoms with van der Waals surface area (Å²) in [6, 6.07) is 12.8. The van der Waals surface area contributed by atoms with E-state index in [2.05, 4.69) is 9.97 Å². The van der Waals surface area contributed by atoms with Crippen LogP contribution in [-0.2, 0) is 31.2 Å². The zero-order chi connectivity index (χ0) is 24.1. The second-order valence-corrected chi connectivity index (χ2v) is 14.0. The summed E-state index contributed by atoms with van der Waals surface area (Å²) in [6.45, 7) is 0. The lowest BCUT2D eigenvalue weighted by Gasteiger charge is -2.28. The Kier molecular flexibility index (Phi) is 5.91. The Balaban J connectivity index is 1.66. The van der Waals surface area contributed by atoms with Crippen molar-refractivity contribution < 1.29 is 27.0 Å². The maximum absolute atomic E-state index is 13.0. The van der Waals surface area contributed by atoms with Gasteiger partial charge in [-0.15, -0.1) is 22.7 Å². The van der Waals surface area contributed by atoms with E-state index in [1.54, 1.807) is 47.2 Å². The topological polar surface area (TPSA) is 135 Å². The van der Waals surface area contributed by atoms with Gasteiger partial charge in [-0.25, -0.2) is 26.8 Å². The number of rotatable bonds is 6. The number of hydrogen-bond acceptors (Lipinski definition) is 10. The molecule has 0 radical (unpaired) electrons. The third-order valence-electron chi connectivity index (χ3n) is 5.47. The molecule has 0 aliphatic heterocycles. The minimum Gasteiger partial charge on any atom is -0.382 e. The highest BCUT2D eigenvalue weighted by Crippen LogP contribution is 2.40. The second kappa shape index (κ2) is 8.63. The molecular weight excluding hydrogens is 517 g/mol. The highest BCUT2D eigenvalue weighted by Gasteiger charge is 2.35. The Morgan fingerprint density at radius 2 is 1.09 bits per heavy atom. The van der Waals surface area contributed by atoms with Gasteiger partial charge in [-0.3, -0.25) is 0 Å². The zero-order valence-corrected chi connectivity index (χ0v) is 20.7. The van der Waals surface area contributed by atoms with E-state index in [9.17, 15) is 27.0 Å². The maximum atomic E-state index is 13.0. The molecule has 3 heterocycles. The average Bonchev–Trinajstić information content (AvgIpc) is 3.53. The van der Waals surface area contributed by atoms with Crippen molar-refractivity contribution in [3.63, 3.8) is 0 Å². The van der Waals surface area contributed by atoms with E-state index >= 15 is 0 Å². The van der Waals surface area contributed by atoms with Crippen molar-refractivity contribution in [3.05, 3.63) is 93.2 Å². The van der Waals surface area contributed by atoms with Gasteiger partial charge in [0, 0.05) is 0 Å². The van der Waals surface area contributed by atoms with Gasteiger partial charge in [0.1, 0.15) is 20.6 Å². The predicted octanol–water partition coefficient (Wildman–Crippen LogP) is 3.02. The summed E-state index contributed by atoms with van der Waals surface area (Å²) in [6.07, 6.45) is -2.48. The van der Waals surface area contributed by atoms with Crippen molar-refractivity contribution >= 4 is 42.3 Å². The molecular formula is C22H18N2O6S4. The van der Waals surface area contributed by atoms with Crippen molar-refractivity contribution in [2.45, 2.75) is 32.1 Å². The fraction of sp³-hybridized carbons (Fsp3) is 0.182. The molecule has 0 amide bonds. The van der Waals surface area contributed by atoms with E-state index in [1.807, 2.05) is 0 Å². The van der Waals surface area contributed by atoms with Crippen LogP contribution in [0.4, 0.5) is 0 Å². The Morgan fingerprint density at radius 3 is 1.44 bits per heavy atom. The normalized spacial score (nSPS) is 17.8. The minimum absolute atomic E-state index is 0.0138. The molecule has 176 valence electrons. The van der Waals surface area contributed by atoms with Gasteiger partial charge < -0.3 is 10.2 Å². The van der Waals surface area contributed by atoms with Crippen LogP contribution in [0.15, 0.2) is 67.7 Å². The van der Waals surface area contributed by atoms with Gasteiger partial charge in [0.15, 0.2) is 19.7 Å². The first kappa shape index (κ1) is 23.3. The molecule has 1 aromatic carbocycles. The lowest BCUT2D eigenvalue weighted by Crippen LogP contribution is -2.24. The number of thiophene rings is 2. The van der Waals surface area contributed by atoms with Crippen molar-refractivity contribution in [1.29, 1.82) is 0 Å². The Hall–Kier alpha value is -2.48. The molecule has 2 atom stereocenters. The van der Waals surface area contributed by atoms with E-state index in [-0.39, 0.29) is 31.2 Å². The summed E-state index contributed by atoms with van der Waals surface area (Å²) < 4.78 is 52.3. The Morgan fingerprint density at radius 1 is 0.676 bits per heavy atom. The monoisotopic (exact) mass is 534 g/mol. The van der Waals surface area contributed by atoms with Gasteiger partial charge in [-0.1, -0.05) is 36.4 Å². The van der Waals surface area contributed by atoms with Crippen molar-refractivity contribution in [2.24, 2.45) is 0 Å². The second-order valence-electron chi connectivity index (χ2n) is 7.70. The number of hydrogen-bond donors (Lipinski definition) is 2. The standard InChI is InChI=1S/C22H18N2O6S4/c25-21-13-5-1-2-6-14(13)22(26)20-19(21)23-15(11-33(27,28)17-7-3-9-31-17)16(24-20)12-34(29,30)18-8-4-10-32-18/h1-10,21-22,25-26H,11-12H2. The number of sulfone groups is 2. The molecule has 0 saturated carbocycles. The third-order valence-corrected chi connectivity index (χ3v) is 11.7. The number of aromatic nitrogens is 2. The first-order valence-electron chi connectivity index (χ1n) is 10.0. The van der Waals surface area contributed by atoms with Crippen LogP contribution in [0.1, 0.15) is 46.1 Å². The van der Waals surface area contributed by atoms with Crippen LogP contribution >= 0.6 is 22.7 Å². The van der Waals surface area contributed by atoms with Gasteiger partial charge in [0.05, 0.1) is 34.3 Å². The predicted molar refractivity (Wildman–Crippen MR) is 127 cm³/mol. The summed E-state index contributed by atoms with van der Waals surface area (Å²) in [7, 11) is -7.68. The molecule has 5 rings (SSSR count). The third kappa shape index (κ3) is 4.10. The quantitative estimate of drug-likeness (QED) is 0.386. The van der Waals surface area contributed by atoms with E-state index in [0.29, 0.717) is 11.1 Å². The van der Waals surface area contributed by atoms with Gasteiger partial charge in [0.25, 0.3) is 0 Å². The van der Waals surface area contributed by atoms with Crippen LogP contribution in [0.2, 0.25) is 0 Å². The first-order valence-corrected chi connectivity index (χ1v) is 15.1. The van der Waals surface area contributed by atoms with Crippen molar-refractivity contribution in [2.75, 3.05) is 0 Å². The smallest absolute Gasteiger partial charge is 0.193 e. The Labute approximate surface area is 204 Å². The molecule has 0 saturated heterocycles. The summed E-state index contributed by atoms with van der Waals surface area (Å²) in [5, 5.41) is 25.1. The summed E-state index contributed by atoms with van der Waals surface area (Å²) in [5.41, 5.74) is 0.751. The molecule has 2 unspecified atom stereocenters. The molecule has 12 heteroatoms. The largest absolute Gasteiger partial charge is 0.382 e. The molecule has 4 aromatic rings. The summed E-state index contributed by atoms with van der Waals surface area (Å²) >= 11 is 2.09. The fourth-order valence-corrected chi connectivity index (χ4v) is 8.65. The number of aliphatic hydroxyl groups is 2. The number of benzene rings is 1. The lowest BCUT2D eigenvalue weighted by molar-refractivity contribution is 0.164. The first-order chi connectivity index (χ1) is 16.2. The molecule has 8 nitrogen and oxygen atoms in total. The van der Waals surface area contributed by atoms with E-state index in [4.69, 9.17) is 0 Å². The van der Waals surface area contributed by atoms with Gasteiger partial charge in [-0.2, -0.15) is 0 Å². The minimum atomic E-state index is -3.84. The highest BCUT2D eigenvalue weighted by atomic mass is 32.2. The summed E-state index contributed by atoms with van der Waals surface area (Å²) in [5.74, 6) is -1.18. The molecule has 0 fully saturated rings. The average molecular weight is 535 g/mol. The molecule has 2 N–H and O–H groups in total. The molecule has 3 aromatic heterocycles. The van der Waals surface area contributed by atoms with E-state index in [1.165, 1.54) is 12.1 Å². The van der Waals surface area contributed by atoms with Crippen LogP contribution in [-0.4, -0.2) is 37.0 Å². The van der Waals surface area contributed by atoms with Crippen LogP contribution in [0.5, 0.6) is 0 Å². The van der Waals surface area contributed by atoms with Gasteiger partial charge in [0.2, 0.25) is 0 Å². The SMILES string of the molecule is O=S(=O)(Cc1nc2c(nc1CS(=O)(=O)c1cccs1)C(O)c1ccccc1C2O)c1cccs1. The maximum Gasteiger partial charge on any atom is 0.193 e. The zero-order valence-electron chi connectivity index (χ0n) is 17.4.